The van der Waals surface area contributed by atoms with Gasteiger partial charge in [0.1, 0.15) is 5.82 Å². The number of rotatable bonds is 1. The Bertz CT molecular complexity index is 435. The minimum absolute atomic E-state index is 0.168. The zero-order chi connectivity index (χ0) is 12.4. The van der Waals surface area contributed by atoms with Crippen LogP contribution in [0.25, 0.3) is 0 Å². The molecule has 0 spiro atoms. The van der Waals surface area contributed by atoms with Crippen LogP contribution < -0.4 is 0 Å². The van der Waals surface area contributed by atoms with Crippen molar-refractivity contribution in [1.82, 2.24) is 4.90 Å². The number of halogens is 2. The molecule has 0 saturated carbocycles. The minimum atomic E-state index is -0.456. The van der Waals surface area contributed by atoms with Crippen LogP contribution in [-0.4, -0.2) is 23.4 Å². The lowest BCUT2D eigenvalue weighted by atomic mass is 10.0. The Kier molecular flexibility index (Phi) is 3.82. The summed E-state index contributed by atoms with van der Waals surface area (Å²) in [7, 11) is 0. The van der Waals surface area contributed by atoms with Gasteiger partial charge in [-0.1, -0.05) is 15.9 Å². The lowest BCUT2D eigenvalue weighted by molar-refractivity contribution is 0.0631. The van der Waals surface area contributed by atoms with E-state index in [2.05, 4.69) is 15.9 Å². The standard InChI is InChI=1S/C13H15BrFNO/c1-9-4-2-3-7-16(9)13(17)11-6-5-10(14)8-12(11)15/h5-6,8-9H,2-4,7H2,1H3. The van der Waals surface area contributed by atoms with Gasteiger partial charge in [-0.05, 0) is 44.4 Å². The summed E-state index contributed by atoms with van der Waals surface area (Å²) in [4.78, 5) is 14.0. The largest absolute Gasteiger partial charge is 0.336 e. The fourth-order valence-corrected chi connectivity index (χ4v) is 2.55. The molecule has 1 heterocycles. The number of hydrogen-bond acceptors (Lipinski definition) is 1. The Morgan fingerprint density at radius 3 is 2.88 bits per heavy atom. The number of benzene rings is 1. The van der Waals surface area contributed by atoms with Gasteiger partial charge < -0.3 is 4.90 Å². The minimum Gasteiger partial charge on any atom is -0.336 e. The van der Waals surface area contributed by atoms with Crippen LogP contribution in [0.1, 0.15) is 36.5 Å². The maximum atomic E-state index is 13.7. The van der Waals surface area contributed by atoms with Crippen molar-refractivity contribution in [1.29, 1.82) is 0 Å². The molecule has 17 heavy (non-hydrogen) atoms. The summed E-state index contributed by atoms with van der Waals surface area (Å²) in [5.41, 5.74) is 0.168. The van der Waals surface area contributed by atoms with E-state index in [1.165, 1.54) is 6.07 Å². The monoisotopic (exact) mass is 299 g/mol. The predicted molar refractivity (Wildman–Crippen MR) is 68.4 cm³/mol. The number of hydrogen-bond donors (Lipinski definition) is 0. The fraction of sp³-hybridized carbons (Fsp3) is 0.462. The van der Waals surface area contributed by atoms with Gasteiger partial charge in [-0.15, -0.1) is 0 Å². The van der Waals surface area contributed by atoms with Gasteiger partial charge in [-0.2, -0.15) is 0 Å². The van der Waals surface area contributed by atoms with E-state index in [1.54, 1.807) is 17.0 Å². The molecule has 2 nitrogen and oxygen atoms in total. The average molecular weight is 300 g/mol. The quantitative estimate of drug-likeness (QED) is 0.776. The maximum Gasteiger partial charge on any atom is 0.257 e. The first-order chi connectivity index (χ1) is 8.09. The third-order valence-corrected chi connectivity index (χ3v) is 3.72. The molecule has 1 fully saturated rings. The molecule has 0 radical (unpaired) electrons. The molecule has 1 aliphatic heterocycles. The summed E-state index contributed by atoms with van der Waals surface area (Å²) in [6.07, 6.45) is 3.16. The number of carbonyl (C=O) groups is 1. The van der Waals surface area contributed by atoms with Crippen LogP contribution >= 0.6 is 15.9 Å². The van der Waals surface area contributed by atoms with E-state index < -0.39 is 5.82 Å². The molecule has 1 saturated heterocycles. The third-order valence-electron chi connectivity index (χ3n) is 3.23. The molecular formula is C13H15BrFNO. The first-order valence-electron chi connectivity index (χ1n) is 5.85. The summed E-state index contributed by atoms with van der Waals surface area (Å²) in [6, 6.07) is 4.79. The van der Waals surface area contributed by atoms with Gasteiger partial charge >= 0.3 is 0 Å². The smallest absolute Gasteiger partial charge is 0.257 e. The Morgan fingerprint density at radius 2 is 2.24 bits per heavy atom. The lowest BCUT2D eigenvalue weighted by Gasteiger charge is -2.33. The predicted octanol–water partition coefficient (Wildman–Crippen LogP) is 3.60. The van der Waals surface area contributed by atoms with Crippen LogP contribution in [0.4, 0.5) is 4.39 Å². The SMILES string of the molecule is CC1CCCCN1C(=O)c1ccc(Br)cc1F. The van der Waals surface area contributed by atoms with Crippen molar-refractivity contribution in [3.05, 3.63) is 34.1 Å². The van der Waals surface area contributed by atoms with E-state index in [9.17, 15) is 9.18 Å². The summed E-state index contributed by atoms with van der Waals surface area (Å²) in [6.45, 7) is 2.75. The topological polar surface area (TPSA) is 20.3 Å². The van der Waals surface area contributed by atoms with Crippen LogP contribution in [0.3, 0.4) is 0 Å². The molecule has 1 amide bonds. The highest BCUT2D eigenvalue weighted by Gasteiger charge is 2.25. The number of amides is 1. The number of carbonyl (C=O) groups excluding carboxylic acids is 1. The third kappa shape index (κ3) is 2.68. The fourth-order valence-electron chi connectivity index (χ4n) is 2.22. The van der Waals surface area contributed by atoms with E-state index in [0.29, 0.717) is 4.47 Å². The molecule has 1 aromatic carbocycles. The molecule has 92 valence electrons. The molecule has 0 N–H and O–H groups in total. The van der Waals surface area contributed by atoms with E-state index >= 15 is 0 Å². The van der Waals surface area contributed by atoms with Crippen LogP contribution in [0.15, 0.2) is 22.7 Å². The molecule has 4 heteroatoms. The van der Waals surface area contributed by atoms with Gasteiger partial charge in [0.2, 0.25) is 0 Å². The van der Waals surface area contributed by atoms with E-state index in [4.69, 9.17) is 0 Å². The van der Waals surface area contributed by atoms with Crippen molar-refractivity contribution < 1.29 is 9.18 Å². The van der Waals surface area contributed by atoms with Crippen molar-refractivity contribution in [3.63, 3.8) is 0 Å². The zero-order valence-corrected chi connectivity index (χ0v) is 11.3. The molecule has 0 bridgehead atoms. The zero-order valence-electron chi connectivity index (χ0n) is 9.75. The van der Waals surface area contributed by atoms with Crippen LogP contribution in [0, 0.1) is 5.82 Å². The van der Waals surface area contributed by atoms with Gasteiger partial charge in [-0.25, -0.2) is 4.39 Å². The molecule has 1 atom stereocenters. The lowest BCUT2D eigenvalue weighted by Crippen LogP contribution is -2.42. The maximum absolute atomic E-state index is 13.7. The van der Waals surface area contributed by atoms with Gasteiger partial charge in [0.05, 0.1) is 5.56 Å². The van der Waals surface area contributed by atoms with E-state index in [1.807, 2.05) is 6.92 Å². The van der Waals surface area contributed by atoms with Crippen LogP contribution in [-0.2, 0) is 0 Å². The highest BCUT2D eigenvalue weighted by Crippen LogP contribution is 2.22. The van der Waals surface area contributed by atoms with E-state index in [-0.39, 0.29) is 17.5 Å². The molecule has 2 rings (SSSR count). The van der Waals surface area contributed by atoms with Crippen molar-refractivity contribution in [2.45, 2.75) is 32.2 Å². The summed E-state index contributed by atoms with van der Waals surface area (Å²) in [5, 5.41) is 0. The average Bonchev–Trinajstić information content (AvgIpc) is 2.29. The van der Waals surface area contributed by atoms with E-state index in [0.717, 1.165) is 25.8 Å². The molecular weight excluding hydrogens is 285 g/mol. The van der Waals surface area contributed by atoms with Crippen LogP contribution in [0.2, 0.25) is 0 Å². The van der Waals surface area contributed by atoms with Crippen molar-refractivity contribution in [3.8, 4) is 0 Å². The molecule has 1 aliphatic rings. The number of likely N-dealkylation sites (tertiary alicyclic amines) is 1. The number of piperidine rings is 1. The summed E-state index contributed by atoms with van der Waals surface area (Å²) in [5.74, 6) is -0.649. The second-order valence-corrected chi connectivity index (χ2v) is 5.38. The second kappa shape index (κ2) is 5.17. The highest BCUT2D eigenvalue weighted by atomic mass is 79.9. The van der Waals surface area contributed by atoms with Gasteiger partial charge in [0, 0.05) is 17.1 Å². The Morgan fingerprint density at radius 1 is 1.47 bits per heavy atom. The Hall–Kier alpha value is -0.900. The number of nitrogens with zero attached hydrogens (tertiary/aromatic N) is 1. The summed E-state index contributed by atoms with van der Waals surface area (Å²) < 4.78 is 14.4. The molecule has 1 aromatic rings. The Balaban J connectivity index is 2.24. The molecule has 0 aromatic heterocycles. The molecule has 1 unspecified atom stereocenters. The van der Waals surface area contributed by atoms with Crippen molar-refractivity contribution in [2.24, 2.45) is 0 Å². The van der Waals surface area contributed by atoms with Crippen molar-refractivity contribution >= 4 is 21.8 Å². The second-order valence-electron chi connectivity index (χ2n) is 4.47. The Labute approximate surface area is 109 Å². The van der Waals surface area contributed by atoms with Crippen LogP contribution in [0.5, 0.6) is 0 Å². The van der Waals surface area contributed by atoms with Crippen molar-refractivity contribution in [2.75, 3.05) is 6.54 Å². The normalized spacial score (nSPS) is 20.4. The summed E-state index contributed by atoms with van der Waals surface area (Å²) >= 11 is 3.19. The molecule has 0 aliphatic carbocycles. The highest BCUT2D eigenvalue weighted by molar-refractivity contribution is 9.10. The first-order valence-corrected chi connectivity index (χ1v) is 6.65. The van der Waals surface area contributed by atoms with Gasteiger partial charge in [0.25, 0.3) is 5.91 Å². The van der Waals surface area contributed by atoms with Gasteiger partial charge in [-0.3, -0.25) is 4.79 Å². The first kappa shape index (κ1) is 12.6. The van der Waals surface area contributed by atoms with Gasteiger partial charge in [0.15, 0.2) is 0 Å².